The topological polar surface area (TPSA) is 136 Å². The molecule has 0 unspecified atom stereocenters. The predicted molar refractivity (Wildman–Crippen MR) is 133 cm³/mol. The number of nitrogens with zero attached hydrogens (tertiary/aromatic N) is 2. The number of carbonyl (C=O) groups excluding carboxylic acids is 3. The average molecular weight is 502 g/mol. The van der Waals surface area contributed by atoms with Crippen molar-refractivity contribution in [1.29, 1.82) is 0 Å². The lowest BCUT2D eigenvalue weighted by atomic mass is 9.95. The highest BCUT2D eigenvalue weighted by molar-refractivity contribution is 6.51. The molecule has 188 valence electrons. The highest BCUT2D eigenvalue weighted by Crippen LogP contribution is 2.42. The van der Waals surface area contributed by atoms with Gasteiger partial charge in [0.25, 0.3) is 17.4 Å². The number of carbonyl (C=O) groups is 3. The molecule has 10 nitrogen and oxygen atoms in total. The van der Waals surface area contributed by atoms with Gasteiger partial charge in [-0.25, -0.2) is 4.79 Å². The van der Waals surface area contributed by atoms with Crippen molar-refractivity contribution in [2.75, 3.05) is 18.6 Å². The average Bonchev–Trinajstić information content (AvgIpc) is 3.18. The highest BCUT2D eigenvalue weighted by atomic mass is 16.6. The number of hydrogen-bond donors (Lipinski definition) is 1. The minimum absolute atomic E-state index is 0.139. The third kappa shape index (κ3) is 4.76. The van der Waals surface area contributed by atoms with E-state index in [0.29, 0.717) is 17.0 Å². The van der Waals surface area contributed by atoms with E-state index in [4.69, 9.17) is 9.47 Å². The third-order valence-corrected chi connectivity index (χ3v) is 5.88. The Labute approximate surface area is 211 Å². The monoisotopic (exact) mass is 502 g/mol. The summed E-state index contributed by atoms with van der Waals surface area (Å²) < 4.78 is 10.2. The molecule has 3 aromatic carbocycles. The summed E-state index contributed by atoms with van der Waals surface area (Å²) in [6.45, 7) is 1.89. The molecule has 0 aromatic heterocycles. The van der Waals surface area contributed by atoms with Gasteiger partial charge in [-0.05, 0) is 61.0 Å². The molecule has 1 amide bonds. The number of benzene rings is 3. The van der Waals surface area contributed by atoms with Crippen LogP contribution in [0.25, 0.3) is 5.76 Å². The van der Waals surface area contributed by atoms with Gasteiger partial charge in [-0.2, -0.15) is 0 Å². The number of esters is 1. The van der Waals surface area contributed by atoms with Crippen LogP contribution in [0.4, 0.5) is 11.4 Å². The van der Waals surface area contributed by atoms with Crippen molar-refractivity contribution in [3.05, 3.63) is 105 Å². The SMILES string of the molecule is CCOC(=O)c1ccc(N2C(=O)C(=O)C(=C(O)c3ccc([N+](=O)[O-])cc3)[C@H]2c2ccc(OC)cc2)cc1. The molecule has 1 N–H and O–H groups in total. The summed E-state index contributed by atoms with van der Waals surface area (Å²) in [5, 5.41) is 22.1. The van der Waals surface area contributed by atoms with Crippen LogP contribution in [0.5, 0.6) is 5.75 Å². The molecule has 1 saturated heterocycles. The summed E-state index contributed by atoms with van der Waals surface area (Å²) in [5.41, 5.74) is 0.870. The van der Waals surface area contributed by atoms with Crippen LogP contribution >= 0.6 is 0 Å². The molecule has 1 fully saturated rings. The molecule has 0 bridgehead atoms. The molecule has 1 aliphatic rings. The number of methoxy groups -OCH3 is 1. The van der Waals surface area contributed by atoms with Gasteiger partial charge in [-0.15, -0.1) is 0 Å². The maximum absolute atomic E-state index is 13.2. The number of ether oxygens (including phenoxy) is 2. The third-order valence-electron chi connectivity index (χ3n) is 5.88. The molecular weight excluding hydrogens is 480 g/mol. The normalized spacial score (nSPS) is 16.5. The van der Waals surface area contributed by atoms with Gasteiger partial charge in [0.05, 0.1) is 35.8 Å². The van der Waals surface area contributed by atoms with E-state index in [1.165, 1.54) is 60.5 Å². The first-order valence-corrected chi connectivity index (χ1v) is 11.2. The van der Waals surface area contributed by atoms with Gasteiger partial charge >= 0.3 is 5.97 Å². The summed E-state index contributed by atoms with van der Waals surface area (Å²) in [5.74, 6) is -2.25. The number of amides is 1. The van der Waals surface area contributed by atoms with Crippen LogP contribution in [0, 0.1) is 10.1 Å². The Morgan fingerprint density at radius 3 is 2.11 bits per heavy atom. The van der Waals surface area contributed by atoms with Crippen LogP contribution in [-0.2, 0) is 14.3 Å². The first-order valence-electron chi connectivity index (χ1n) is 11.2. The number of Topliss-reactive ketones (excluding diaryl/α,β-unsaturated/α-hetero) is 1. The number of aliphatic hydroxyl groups is 1. The Hall–Kier alpha value is -4.99. The van der Waals surface area contributed by atoms with Crippen LogP contribution in [0.3, 0.4) is 0 Å². The number of non-ortho nitro benzene ring substituents is 1. The molecular formula is C27H22N2O8. The first-order chi connectivity index (χ1) is 17.8. The van der Waals surface area contributed by atoms with E-state index in [1.54, 1.807) is 31.2 Å². The van der Waals surface area contributed by atoms with E-state index in [-0.39, 0.29) is 29.0 Å². The Kier molecular flexibility index (Phi) is 7.01. The van der Waals surface area contributed by atoms with Crippen molar-refractivity contribution in [1.82, 2.24) is 0 Å². The Bertz CT molecular complexity index is 1390. The molecule has 0 radical (unpaired) electrons. The number of anilines is 1. The van der Waals surface area contributed by atoms with E-state index in [0.717, 1.165) is 0 Å². The Morgan fingerprint density at radius 2 is 1.57 bits per heavy atom. The molecule has 0 saturated carbocycles. The van der Waals surface area contributed by atoms with Crippen molar-refractivity contribution in [2.45, 2.75) is 13.0 Å². The van der Waals surface area contributed by atoms with Gasteiger partial charge in [0, 0.05) is 23.4 Å². The van der Waals surface area contributed by atoms with Crippen molar-refractivity contribution < 1.29 is 33.9 Å². The zero-order valence-corrected chi connectivity index (χ0v) is 19.9. The molecule has 0 spiro atoms. The summed E-state index contributed by atoms with van der Waals surface area (Å²) in [4.78, 5) is 50.2. The zero-order chi connectivity index (χ0) is 26.7. The predicted octanol–water partition coefficient (Wildman–Crippen LogP) is 4.41. The fourth-order valence-electron chi connectivity index (χ4n) is 4.07. The molecule has 1 heterocycles. The van der Waals surface area contributed by atoms with Crippen LogP contribution in [-0.4, -0.2) is 41.4 Å². The van der Waals surface area contributed by atoms with E-state index in [1.807, 2.05) is 0 Å². The van der Waals surface area contributed by atoms with E-state index in [2.05, 4.69) is 0 Å². The smallest absolute Gasteiger partial charge is 0.338 e. The second-order valence-corrected chi connectivity index (χ2v) is 8.01. The molecule has 0 aliphatic carbocycles. The lowest BCUT2D eigenvalue weighted by molar-refractivity contribution is -0.384. The van der Waals surface area contributed by atoms with Gasteiger partial charge in [-0.3, -0.25) is 24.6 Å². The fraction of sp³-hybridized carbons (Fsp3) is 0.148. The first kappa shape index (κ1) is 25.1. The van der Waals surface area contributed by atoms with Crippen molar-refractivity contribution in [3.8, 4) is 5.75 Å². The molecule has 4 rings (SSSR count). The van der Waals surface area contributed by atoms with Gasteiger partial charge in [0.15, 0.2) is 0 Å². The van der Waals surface area contributed by atoms with Crippen LogP contribution in [0.15, 0.2) is 78.4 Å². The quantitative estimate of drug-likeness (QED) is 0.125. The number of hydrogen-bond acceptors (Lipinski definition) is 8. The number of nitro groups is 1. The molecule has 1 aliphatic heterocycles. The standard InChI is InChI=1S/C27H22N2O8/c1-3-37-27(33)18-6-10-19(11-7-18)28-23(16-8-14-21(36-2)15-9-16)22(25(31)26(28)32)24(30)17-4-12-20(13-5-17)29(34)35/h4-15,23,30H,3H2,1-2H3/t23-/m1/s1. The zero-order valence-electron chi connectivity index (χ0n) is 19.9. The molecule has 37 heavy (non-hydrogen) atoms. The Balaban J connectivity index is 1.85. The molecule has 3 aromatic rings. The molecule has 10 heteroatoms. The van der Waals surface area contributed by atoms with Gasteiger partial charge in [0.1, 0.15) is 11.5 Å². The maximum Gasteiger partial charge on any atom is 0.338 e. The summed E-state index contributed by atoms with van der Waals surface area (Å²) in [7, 11) is 1.50. The van der Waals surface area contributed by atoms with Gasteiger partial charge in [0.2, 0.25) is 0 Å². The number of rotatable bonds is 7. The van der Waals surface area contributed by atoms with Crippen LogP contribution in [0.1, 0.15) is 34.5 Å². The van der Waals surface area contributed by atoms with Crippen molar-refractivity contribution in [3.63, 3.8) is 0 Å². The van der Waals surface area contributed by atoms with Gasteiger partial charge in [-0.1, -0.05) is 12.1 Å². The number of nitro benzene ring substituents is 1. The number of aliphatic hydroxyl groups excluding tert-OH is 1. The number of ketones is 1. The highest BCUT2D eigenvalue weighted by Gasteiger charge is 2.47. The largest absolute Gasteiger partial charge is 0.507 e. The summed E-state index contributed by atoms with van der Waals surface area (Å²) in [6, 6.07) is 16.6. The lowest BCUT2D eigenvalue weighted by Crippen LogP contribution is -2.29. The van der Waals surface area contributed by atoms with E-state index < -0.39 is 34.4 Å². The van der Waals surface area contributed by atoms with Crippen molar-refractivity contribution >= 4 is 34.8 Å². The second kappa shape index (κ2) is 10.3. The minimum atomic E-state index is -1.02. The summed E-state index contributed by atoms with van der Waals surface area (Å²) >= 11 is 0. The van der Waals surface area contributed by atoms with E-state index >= 15 is 0 Å². The van der Waals surface area contributed by atoms with E-state index in [9.17, 15) is 29.6 Å². The fourth-order valence-corrected chi connectivity index (χ4v) is 4.07. The van der Waals surface area contributed by atoms with Crippen molar-refractivity contribution in [2.24, 2.45) is 0 Å². The lowest BCUT2D eigenvalue weighted by Gasteiger charge is -2.25. The summed E-state index contributed by atoms with van der Waals surface area (Å²) in [6.07, 6.45) is 0. The maximum atomic E-state index is 13.2. The molecule has 1 atom stereocenters. The second-order valence-electron chi connectivity index (χ2n) is 8.01. The van der Waals surface area contributed by atoms with Gasteiger partial charge < -0.3 is 14.6 Å². The van der Waals surface area contributed by atoms with Crippen LogP contribution in [0.2, 0.25) is 0 Å². The Morgan fingerprint density at radius 1 is 0.973 bits per heavy atom. The van der Waals surface area contributed by atoms with Crippen LogP contribution < -0.4 is 9.64 Å². The minimum Gasteiger partial charge on any atom is -0.507 e.